The van der Waals surface area contributed by atoms with E-state index in [9.17, 15) is 9.59 Å². The number of carbonyl (C=O) groups excluding carboxylic acids is 1. The summed E-state index contributed by atoms with van der Waals surface area (Å²) in [4.78, 5) is 21.4. The quantitative estimate of drug-likeness (QED) is 0.800. The molecule has 1 amide bonds. The molecule has 0 radical (unpaired) electrons. The minimum Gasteiger partial charge on any atom is -0.478 e. The van der Waals surface area contributed by atoms with Gasteiger partial charge in [0.15, 0.2) is 0 Å². The van der Waals surface area contributed by atoms with Crippen molar-refractivity contribution in [1.29, 1.82) is 0 Å². The van der Waals surface area contributed by atoms with E-state index in [1.54, 1.807) is 54.6 Å². The molecule has 0 atom stereocenters. The summed E-state index contributed by atoms with van der Waals surface area (Å²) in [6.45, 7) is 0.270. The van der Waals surface area contributed by atoms with Crippen LogP contribution in [0.5, 0.6) is 0 Å². The van der Waals surface area contributed by atoms with E-state index >= 15 is 0 Å². The van der Waals surface area contributed by atoms with Gasteiger partial charge in [0.2, 0.25) is 0 Å². The van der Waals surface area contributed by atoms with E-state index < -0.39 is 5.97 Å². The lowest BCUT2D eigenvalue weighted by Crippen LogP contribution is -2.26. The molecule has 5 heteroatoms. The predicted molar refractivity (Wildman–Crippen MR) is 79.3 cm³/mol. The lowest BCUT2D eigenvalue weighted by molar-refractivity contribution is 0.0696. The van der Waals surface area contributed by atoms with Gasteiger partial charge in [-0.3, -0.25) is 4.79 Å². The van der Waals surface area contributed by atoms with Gasteiger partial charge in [0.25, 0.3) is 5.91 Å². The lowest BCUT2D eigenvalue weighted by Gasteiger charge is -2.01. The molecule has 0 aromatic heterocycles. The number of carbonyl (C=O) groups is 2. The van der Waals surface area contributed by atoms with Gasteiger partial charge in [0.1, 0.15) is 0 Å². The number of benzene rings is 2. The Labute approximate surface area is 122 Å². The Morgan fingerprint density at radius 3 is 1.71 bits per heavy atom. The van der Waals surface area contributed by atoms with Crippen LogP contribution >= 0.6 is 0 Å². The van der Waals surface area contributed by atoms with Crippen molar-refractivity contribution in [3.8, 4) is 0 Å². The smallest absolute Gasteiger partial charge is 0.335 e. The molecule has 0 spiro atoms. The predicted octanol–water partition coefficient (Wildman–Crippen LogP) is 1.79. The monoisotopic (exact) mass is 287 g/mol. The first-order chi connectivity index (χ1) is 10.1. The molecule has 3 N–H and O–H groups in total. The number of aromatic carboxylic acids is 1. The normalized spacial score (nSPS) is 9.19. The zero-order chi connectivity index (χ0) is 15.5. The van der Waals surface area contributed by atoms with Gasteiger partial charge < -0.3 is 15.5 Å². The van der Waals surface area contributed by atoms with Crippen LogP contribution in [0.1, 0.15) is 20.7 Å². The summed E-state index contributed by atoms with van der Waals surface area (Å²) in [5.41, 5.74) is 0.948. The van der Waals surface area contributed by atoms with Gasteiger partial charge in [-0.15, -0.1) is 0 Å². The first-order valence-corrected chi connectivity index (χ1v) is 6.37. The highest BCUT2D eigenvalue weighted by molar-refractivity contribution is 5.94. The highest BCUT2D eigenvalue weighted by Crippen LogP contribution is 1.97. The molecular weight excluding hydrogens is 270 g/mol. The summed E-state index contributed by atoms with van der Waals surface area (Å²) in [7, 11) is 0. The van der Waals surface area contributed by atoms with Crippen LogP contribution in [0.3, 0.4) is 0 Å². The average molecular weight is 287 g/mol. The number of aliphatic hydroxyl groups is 1. The molecule has 5 nitrogen and oxygen atoms in total. The Kier molecular flexibility index (Phi) is 7.24. The number of amides is 1. The Morgan fingerprint density at radius 2 is 1.33 bits per heavy atom. The number of hydrogen-bond donors (Lipinski definition) is 3. The number of carboxylic acid groups (broad SMARTS) is 1. The number of nitrogens with one attached hydrogen (secondary N) is 1. The van der Waals surface area contributed by atoms with Crippen LogP contribution in [-0.4, -0.2) is 35.2 Å². The van der Waals surface area contributed by atoms with Crippen molar-refractivity contribution >= 4 is 11.9 Å². The van der Waals surface area contributed by atoms with E-state index in [1.807, 2.05) is 6.07 Å². The molecule has 0 aliphatic carbocycles. The van der Waals surface area contributed by atoms with E-state index in [2.05, 4.69) is 5.32 Å². The zero-order valence-corrected chi connectivity index (χ0v) is 11.4. The molecule has 0 aliphatic rings. The van der Waals surface area contributed by atoms with Crippen molar-refractivity contribution in [3.63, 3.8) is 0 Å². The summed E-state index contributed by atoms with van der Waals surface area (Å²) in [5.74, 6) is -1.03. The second kappa shape index (κ2) is 9.28. The fraction of sp³-hybridized carbons (Fsp3) is 0.125. The topological polar surface area (TPSA) is 86.6 Å². The molecule has 0 saturated heterocycles. The maximum atomic E-state index is 11.2. The minimum absolute atomic E-state index is 0.0292. The number of hydrogen-bond acceptors (Lipinski definition) is 3. The van der Waals surface area contributed by atoms with Crippen LogP contribution in [0, 0.1) is 0 Å². The van der Waals surface area contributed by atoms with Crippen LogP contribution in [0.2, 0.25) is 0 Å². The highest BCUT2D eigenvalue weighted by atomic mass is 16.4. The van der Waals surface area contributed by atoms with Gasteiger partial charge in [-0.25, -0.2) is 4.79 Å². The molecule has 0 fully saturated rings. The van der Waals surface area contributed by atoms with Crippen LogP contribution < -0.4 is 5.32 Å². The SMILES string of the molecule is O=C(NCCO)c1ccccc1.O=C(O)c1ccccc1. The second-order valence-electron chi connectivity index (χ2n) is 4.02. The van der Waals surface area contributed by atoms with Gasteiger partial charge in [-0.2, -0.15) is 0 Å². The number of carboxylic acids is 1. The van der Waals surface area contributed by atoms with E-state index in [0.29, 0.717) is 17.7 Å². The van der Waals surface area contributed by atoms with E-state index in [1.165, 1.54) is 0 Å². The van der Waals surface area contributed by atoms with Crippen LogP contribution in [0.25, 0.3) is 0 Å². The van der Waals surface area contributed by atoms with E-state index in [4.69, 9.17) is 10.2 Å². The molecule has 0 bridgehead atoms. The number of aliphatic hydroxyl groups excluding tert-OH is 1. The maximum Gasteiger partial charge on any atom is 0.335 e. The lowest BCUT2D eigenvalue weighted by atomic mass is 10.2. The molecule has 110 valence electrons. The first-order valence-electron chi connectivity index (χ1n) is 6.37. The highest BCUT2D eigenvalue weighted by Gasteiger charge is 2.01. The fourth-order valence-corrected chi connectivity index (χ4v) is 1.44. The van der Waals surface area contributed by atoms with Crippen LogP contribution in [-0.2, 0) is 0 Å². The van der Waals surface area contributed by atoms with E-state index in [-0.39, 0.29) is 12.5 Å². The number of rotatable bonds is 4. The molecule has 2 aromatic carbocycles. The molecule has 0 heterocycles. The van der Waals surface area contributed by atoms with Gasteiger partial charge >= 0.3 is 5.97 Å². The van der Waals surface area contributed by atoms with Crippen molar-refractivity contribution in [2.75, 3.05) is 13.2 Å². The minimum atomic E-state index is -0.879. The van der Waals surface area contributed by atoms with Crippen molar-refractivity contribution in [1.82, 2.24) is 5.32 Å². The molecule has 21 heavy (non-hydrogen) atoms. The van der Waals surface area contributed by atoms with Crippen LogP contribution in [0.15, 0.2) is 60.7 Å². The largest absolute Gasteiger partial charge is 0.478 e. The van der Waals surface area contributed by atoms with Crippen molar-refractivity contribution in [2.45, 2.75) is 0 Å². The van der Waals surface area contributed by atoms with Gasteiger partial charge in [0.05, 0.1) is 12.2 Å². The Bertz CT molecular complexity index is 555. The van der Waals surface area contributed by atoms with Gasteiger partial charge in [-0.1, -0.05) is 36.4 Å². The molecule has 2 rings (SSSR count). The third kappa shape index (κ3) is 6.35. The summed E-state index contributed by atoms with van der Waals surface area (Å²) < 4.78 is 0. The van der Waals surface area contributed by atoms with Crippen molar-refractivity contribution in [3.05, 3.63) is 71.8 Å². The summed E-state index contributed by atoms with van der Waals surface area (Å²) in [6.07, 6.45) is 0. The summed E-state index contributed by atoms with van der Waals surface area (Å²) in [6, 6.07) is 17.2. The second-order valence-corrected chi connectivity index (χ2v) is 4.02. The molecule has 0 saturated carbocycles. The molecular formula is C16H17NO4. The first kappa shape index (κ1) is 16.4. The molecule has 0 aliphatic heterocycles. The standard InChI is InChI=1S/C9H11NO2.C7H6O2/c11-7-6-10-9(12)8-4-2-1-3-5-8;8-7(9)6-4-2-1-3-5-6/h1-5,11H,6-7H2,(H,10,12);1-5H,(H,8,9). The maximum absolute atomic E-state index is 11.2. The average Bonchev–Trinajstić information content (AvgIpc) is 2.55. The Morgan fingerprint density at radius 1 is 0.857 bits per heavy atom. The van der Waals surface area contributed by atoms with Crippen molar-refractivity contribution < 1.29 is 19.8 Å². The molecule has 2 aromatic rings. The molecule has 0 unspecified atom stereocenters. The summed E-state index contributed by atoms with van der Waals surface area (Å²) in [5, 5.41) is 19.4. The summed E-state index contributed by atoms with van der Waals surface area (Å²) >= 11 is 0. The van der Waals surface area contributed by atoms with Gasteiger partial charge in [-0.05, 0) is 24.3 Å². The Balaban J connectivity index is 0.000000219. The zero-order valence-electron chi connectivity index (χ0n) is 11.4. The van der Waals surface area contributed by atoms with Gasteiger partial charge in [0, 0.05) is 12.1 Å². The van der Waals surface area contributed by atoms with E-state index in [0.717, 1.165) is 0 Å². The van der Waals surface area contributed by atoms with Crippen LogP contribution in [0.4, 0.5) is 0 Å². The van der Waals surface area contributed by atoms with Crippen molar-refractivity contribution in [2.24, 2.45) is 0 Å². The fourth-order valence-electron chi connectivity index (χ4n) is 1.44. The third-order valence-corrected chi connectivity index (χ3v) is 2.45. The Hall–Kier alpha value is -2.66. The third-order valence-electron chi connectivity index (χ3n) is 2.45.